The highest BCUT2D eigenvalue weighted by Crippen LogP contribution is 2.17. The van der Waals surface area contributed by atoms with Gasteiger partial charge in [-0.1, -0.05) is 45.0 Å². The average molecular weight is 255 g/mol. The maximum absolute atomic E-state index is 5.96. The molecule has 100 valence electrons. The van der Waals surface area contributed by atoms with E-state index >= 15 is 0 Å². The van der Waals surface area contributed by atoms with Gasteiger partial charge in [0, 0.05) is 23.5 Å². The van der Waals surface area contributed by atoms with E-state index in [0.717, 1.165) is 11.9 Å². The number of fused-ring (bicyclic) bond motifs is 1. The first-order chi connectivity index (χ1) is 8.98. The second-order valence-corrected chi connectivity index (χ2v) is 5.76. The molecule has 0 saturated carbocycles. The molecule has 0 aliphatic heterocycles. The van der Waals surface area contributed by atoms with Gasteiger partial charge in [-0.2, -0.15) is 0 Å². The van der Waals surface area contributed by atoms with Crippen LogP contribution in [0.3, 0.4) is 0 Å². The van der Waals surface area contributed by atoms with Gasteiger partial charge in [0.25, 0.3) is 0 Å². The number of benzene rings is 1. The van der Waals surface area contributed by atoms with Crippen molar-refractivity contribution in [2.24, 2.45) is 16.1 Å². The Labute approximate surface area is 114 Å². The average Bonchev–Trinajstić information content (AvgIpc) is 2.38. The van der Waals surface area contributed by atoms with Crippen LogP contribution in [0, 0.1) is 5.41 Å². The van der Waals surface area contributed by atoms with Crippen LogP contribution >= 0.6 is 0 Å². The Morgan fingerprint density at radius 3 is 2.68 bits per heavy atom. The highest BCUT2D eigenvalue weighted by Gasteiger charge is 2.14. The van der Waals surface area contributed by atoms with E-state index in [9.17, 15) is 0 Å². The Bertz CT molecular complexity index is 589. The van der Waals surface area contributed by atoms with Gasteiger partial charge in [0.2, 0.25) is 0 Å². The van der Waals surface area contributed by atoms with Crippen LogP contribution in [-0.4, -0.2) is 17.4 Å². The third kappa shape index (κ3) is 3.31. The smallest absolute Gasteiger partial charge is 0.0991 e. The molecule has 0 unspecified atom stereocenters. The molecule has 0 saturated heterocycles. The SMILES string of the molecule is CC(C)(C)C(N)=NCCc1cccc2cccnc12. The van der Waals surface area contributed by atoms with Gasteiger partial charge in [-0.25, -0.2) is 0 Å². The van der Waals surface area contributed by atoms with E-state index in [1.165, 1.54) is 10.9 Å². The molecule has 0 aliphatic rings. The molecule has 0 fully saturated rings. The second-order valence-electron chi connectivity index (χ2n) is 5.76. The van der Waals surface area contributed by atoms with Crippen molar-refractivity contribution in [2.75, 3.05) is 6.54 Å². The predicted octanol–water partition coefficient (Wildman–Crippen LogP) is 3.18. The number of hydrogen-bond acceptors (Lipinski definition) is 2. The Hall–Kier alpha value is -1.90. The Balaban J connectivity index is 2.15. The van der Waals surface area contributed by atoms with Crippen molar-refractivity contribution in [2.45, 2.75) is 27.2 Å². The standard InChI is InChI=1S/C16H21N3/c1-16(2,3)15(17)19-11-9-13-7-4-6-12-8-5-10-18-14(12)13/h4-8,10H,9,11H2,1-3H3,(H2,17,19). The van der Waals surface area contributed by atoms with Crippen molar-refractivity contribution in [3.63, 3.8) is 0 Å². The fourth-order valence-electron chi connectivity index (χ4n) is 1.90. The number of rotatable bonds is 3. The maximum atomic E-state index is 5.96. The normalized spacial score (nSPS) is 12.9. The van der Waals surface area contributed by atoms with Gasteiger partial charge in [-0.15, -0.1) is 0 Å². The summed E-state index contributed by atoms with van der Waals surface area (Å²) in [5.41, 5.74) is 8.19. The van der Waals surface area contributed by atoms with Crippen LogP contribution in [0.25, 0.3) is 10.9 Å². The van der Waals surface area contributed by atoms with E-state index < -0.39 is 0 Å². The summed E-state index contributed by atoms with van der Waals surface area (Å²) in [5.74, 6) is 0.709. The van der Waals surface area contributed by atoms with Gasteiger partial charge in [-0.05, 0) is 18.1 Å². The minimum absolute atomic E-state index is 0.0585. The van der Waals surface area contributed by atoms with Gasteiger partial charge in [0.05, 0.1) is 11.4 Å². The zero-order chi connectivity index (χ0) is 13.9. The van der Waals surface area contributed by atoms with E-state index in [2.05, 4.69) is 55.0 Å². The predicted molar refractivity (Wildman–Crippen MR) is 81.4 cm³/mol. The van der Waals surface area contributed by atoms with Gasteiger partial charge in [0.15, 0.2) is 0 Å². The van der Waals surface area contributed by atoms with Crippen molar-refractivity contribution in [1.29, 1.82) is 0 Å². The number of nitrogens with two attached hydrogens (primary N) is 1. The van der Waals surface area contributed by atoms with Crippen LogP contribution in [0.4, 0.5) is 0 Å². The summed E-state index contributed by atoms with van der Waals surface area (Å²) in [4.78, 5) is 8.91. The minimum atomic E-state index is -0.0585. The summed E-state index contributed by atoms with van der Waals surface area (Å²) in [6, 6.07) is 10.3. The third-order valence-corrected chi connectivity index (χ3v) is 3.15. The molecule has 2 N–H and O–H groups in total. The molecule has 1 heterocycles. The molecule has 19 heavy (non-hydrogen) atoms. The number of amidine groups is 1. The summed E-state index contributed by atoms with van der Waals surface area (Å²) in [7, 11) is 0. The first kappa shape index (κ1) is 13.5. The summed E-state index contributed by atoms with van der Waals surface area (Å²) >= 11 is 0. The Kier molecular flexibility index (Phi) is 3.84. The van der Waals surface area contributed by atoms with Crippen molar-refractivity contribution < 1.29 is 0 Å². The van der Waals surface area contributed by atoms with Crippen molar-refractivity contribution in [1.82, 2.24) is 4.98 Å². The number of aliphatic imine (C=N–C) groups is 1. The Morgan fingerprint density at radius 2 is 1.95 bits per heavy atom. The quantitative estimate of drug-likeness (QED) is 0.676. The van der Waals surface area contributed by atoms with Crippen LogP contribution in [0.2, 0.25) is 0 Å². The largest absolute Gasteiger partial charge is 0.387 e. The molecule has 2 aromatic rings. The molecule has 0 spiro atoms. The lowest BCUT2D eigenvalue weighted by Gasteiger charge is -2.17. The lowest BCUT2D eigenvalue weighted by atomic mass is 9.95. The molecular formula is C16H21N3. The molecule has 2 rings (SSSR count). The van der Waals surface area contributed by atoms with Crippen LogP contribution < -0.4 is 5.73 Å². The first-order valence-electron chi connectivity index (χ1n) is 6.61. The fraction of sp³-hybridized carbons (Fsp3) is 0.375. The van der Waals surface area contributed by atoms with Crippen LogP contribution in [-0.2, 0) is 6.42 Å². The first-order valence-corrected chi connectivity index (χ1v) is 6.61. The van der Waals surface area contributed by atoms with E-state index in [1.807, 2.05) is 12.3 Å². The summed E-state index contributed by atoms with van der Waals surface area (Å²) in [6.07, 6.45) is 2.70. The van der Waals surface area contributed by atoms with Crippen molar-refractivity contribution in [3.8, 4) is 0 Å². The molecule has 3 heteroatoms. The van der Waals surface area contributed by atoms with E-state index in [4.69, 9.17) is 5.73 Å². The molecule has 1 aromatic heterocycles. The van der Waals surface area contributed by atoms with Gasteiger partial charge in [0.1, 0.15) is 0 Å². The highest BCUT2D eigenvalue weighted by atomic mass is 14.9. The third-order valence-electron chi connectivity index (χ3n) is 3.15. The molecular weight excluding hydrogens is 234 g/mol. The summed E-state index contributed by atoms with van der Waals surface area (Å²) in [6.45, 7) is 6.93. The molecule has 0 atom stereocenters. The second kappa shape index (κ2) is 5.39. The minimum Gasteiger partial charge on any atom is -0.387 e. The molecule has 0 amide bonds. The maximum Gasteiger partial charge on any atom is 0.0991 e. The summed E-state index contributed by atoms with van der Waals surface area (Å²) < 4.78 is 0. The van der Waals surface area contributed by atoms with Gasteiger partial charge < -0.3 is 5.73 Å². The van der Waals surface area contributed by atoms with E-state index in [0.29, 0.717) is 12.4 Å². The monoisotopic (exact) mass is 255 g/mol. The van der Waals surface area contributed by atoms with Crippen molar-refractivity contribution in [3.05, 3.63) is 42.1 Å². The number of para-hydroxylation sites is 1. The lowest BCUT2D eigenvalue weighted by Crippen LogP contribution is -2.29. The molecule has 3 nitrogen and oxygen atoms in total. The lowest BCUT2D eigenvalue weighted by molar-refractivity contribution is 0.581. The summed E-state index contributed by atoms with van der Waals surface area (Å²) in [5, 5.41) is 1.17. The fourth-order valence-corrected chi connectivity index (χ4v) is 1.90. The van der Waals surface area contributed by atoms with Crippen molar-refractivity contribution >= 4 is 16.7 Å². The van der Waals surface area contributed by atoms with E-state index in [1.54, 1.807) is 0 Å². The Morgan fingerprint density at radius 1 is 1.21 bits per heavy atom. The van der Waals surface area contributed by atoms with Crippen LogP contribution in [0.15, 0.2) is 41.5 Å². The zero-order valence-electron chi connectivity index (χ0n) is 11.9. The number of aromatic nitrogens is 1. The molecule has 1 aromatic carbocycles. The van der Waals surface area contributed by atoms with Crippen LogP contribution in [0.5, 0.6) is 0 Å². The zero-order valence-corrected chi connectivity index (χ0v) is 11.9. The van der Waals surface area contributed by atoms with Gasteiger partial charge in [-0.3, -0.25) is 9.98 Å². The molecule has 0 radical (unpaired) electrons. The van der Waals surface area contributed by atoms with Gasteiger partial charge >= 0.3 is 0 Å². The molecule has 0 bridgehead atoms. The number of hydrogen-bond donors (Lipinski definition) is 1. The number of pyridine rings is 1. The number of nitrogens with zero attached hydrogens (tertiary/aromatic N) is 2. The topological polar surface area (TPSA) is 51.3 Å². The molecule has 0 aliphatic carbocycles. The van der Waals surface area contributed by atoms with E-state index in [-0.39, 0.29) is 5.41 Å². The van der Waals surface area contributed by atoms with Crippen LogP contribution in [0.1, 0.15) is 26.3 Å². The highest BCUT2D eigenvalue weighted by molar-refractivity contribution is 5.85.